The molecule has 9 heteroatoms. The second-order valence-corrected chi connectivity index (χ2v) is 9.53. The smallest absolute Gasteiger partial charge is 0.317 e. The Kier molecular flexibility index (Phi) is 4.44. The van der Waals surface area contributed by atoms with Gasteiger partial charge in [-0.2, -0.15) is 17.6 Å². The van der Waals surface area contributed by atoms with E-state index in [-0.39, 0.29) is 11.1 Å². The third-order valence-corrected chi connectivity index (χ3v) is 7.10. The number of amides is 1. The van der Waals surface area contributed by atoms with E-state index in [1.165, 1.54) is 17.0 Å². The summed E-state index contributed by atoms with van der Waals surface area (Å²) in [6.07, 6.45) is 6.61. The summed E-state index contributed by atoms with van der Waals surface area (Å²) in [6.45, 7) is 1.98. The number of aryl methyl sites for hydroxylation is 2. The van der Waals surface area contributed by atoms with Gasteiger partial charge in [-0.05, 0) is 60.7 Å². The molecule has 0 radical (unpaired) electrons. The minimum Gasteiger partial charge on any atom is -0.349 e. The van der Waals surface area contributed by atoms with Crippen LogP contribution in [0.5, 0.6) is 0 Å². The Bertz CT molecular complexity index is 1430. The fourth-order valence-corrected chi connectivity index (χ4v) is 4.99. The molecule has 2 aromatic heterocycles. The van der Waals surface area contributed by atoms with Crippen molar-refractivity contribution in [1.82, 2.24) is 24.1 Å². The molecule has 1 aliphatic rings. The first-order chi connectivity index (χ1) is 14.8. The molecule has 0 aliphatic heterocycles. The van der Waals surface area contributed by atoms with Crippen LogP contribution in [-0.2, 0) is 17.1 Å². The standard InChI is InChI=1S/C22H21N5O3S/c1-14-3-4-16(21(28)25-18-6-7-18)12-19(14)15-5-8-20-17(11-15)13-24-27(20)31(29,30)22-23-9-10-26(22)2/h3-5,8-13,18H,6-7H2,1-2H3,(H,25,28). The molecule has 5 rings (SSSR count). The van der Waals surface area contributed by atoms with E-state index in [4.69, 9.17) is 0 Å². The molecule has 0 spiro atoms. The molecule has 1 fully saturated rings. The molecule has 1 amide bonds. The van der Waals surface area contributed by atoms with Gasteiger partial charge in [0.1, 0.15) is 0 Å². The lowest BCUT2D eigenvalue weighted by Gasteiger charge is -2.10. The first-order valence-electron chi connectivity index (χ1n) is 9.97. The zero-order chi connectivity index (χ0) is 21.8. The molecule has 2 heterocycles. The second kappa shape index (κ2) is 7.05. The Morgan fingerprint density at radius 3 is 2.68 bits per heavy atom. The summed E-state index contributed by atoms with van der Waals surface area (Å²) >= 11 is 0. The average molecular weight is 436 g/mol. The van der Waals surface area contributed by atoms with Crippen LogP contribution < -0.4 is 5.32 Å². The van der Waals surface area contributed by atoms with Crippen molar-refractivity contribution in [3.63, 3.8) is 0 Å². The van der Waals surface area contributed by atoms with Crippen molar-refractivity contribution < 1.29 is 13.2 Å². The average Bonchev–Trinajstić information content (AvgIpc) is 3.27. The molecule has 1 saturated carbocycles. The summed E-state index contributed by atoms with van der Waals surface area (Å²) in [4.78, 5) is 16.4. The SMILES string of the molecule is Cc1ccc(C(=O)NC2CC2)cc1-c1ccc2c(cnn2S(=O)(=O)c2nccn2C)c1. The van der Waals surface area contributed by atoms with Gasteiger partial charge >= 0.3 is 10.0 Å². The first kappa shape index (κ1) is 19.5. The van der Waals surface area contributed by atoms with Gasteiger partial charge in [0.2, 0.25) is 5.16 Å². The van der Waals surface area contributed by atoms with Gasteiger partial charge in [0.25, 0.3) is 5.91 Å². The molecule has 0 saturated heterocycles. The van der Waals surface area contributed by atoms with E-state index >= 15 is 0 Å². The highest BCUT2D eigenvalue weighted by Gasteiger charge is 2.25. The topological polar surface area (TPSA) is 98.9 Å². The Balaban J connectivity index is 1.55. The van der Waals surface area contributed by atoms with Gasteiger partial charge in [-0.25, -0.2) is 4.98 Å². The Hall–Kier alpha value is -3.46. The number of aromatic nitrogens is 4. The summed E-state index contributed by atoms with van der Waals surface area (Å²) in [6, 6.07) is 11.4. The van der Waals surface area contributed by atoms with Crippen molar-refractivity contribution in [3.8, 4) is 11.1 Å². The Morgan fingerprint density at radius 1 is 1.16 bits per heavy atom. The number of nitrogens with one attached hydrogen (secondary N) is 1. The molecule has 8 nitrogen and oxygen atoms in total. The van der Waals surface area contributed by atoms with Gasteiger partial charge in [-0.3, -0.25) is 4.79 Å². The van der Waals surface area contributed by atoms with Crippen LogP contribution in [0.25, 0.3) is 22.0 Å². The van der Waals surface area contributed by atoms with Gasteiger partial charge in [0.15, 0.2) is 0 Å². The number of hydrogen-bond acceptors (Lipinski definition) is 5. The largest absolute Gasteiger partial charge is 0.349 e. The highest BCUT2D eigenvalue weighted by Crippen LogP contribution is 2.29. The van der Waals surface area contributed by atoms with Gasteiger partial charge in [0, 0.05) is 36.4 Å². The number of carbonyl (C=O) groups is 1. The lowest BCUT2D eigenvalue weighted by Crippen LogP contribution is -2.25. The zero-order valence-corrected chi connectivity index (χ0v) is 17.9. The van der Waals surface area contributed by atoms with Gasteiger partial charge in [-0.1, -0.05) is 12.1 Å². The molecular formula is C22H21N5O3S. The number of benzene rings is 2. The molecule has 4 aromatic rings. The van der Waals surface area contributed by atoms with Gasteiger partial charge in [0.05, 0.1) is 11.7 Å². The highest BCUT2D eigenvalue weighted by atomic mass is 32.2. The van der Waals surface area contributed by atoms with E-state index in [2.05, 4.69) is 15.4 Å². The van der Waals surface area contributed by atoms with Crippen molar-refractivity contribution >= 4 is 26.8 Å². The van der Waals surface area contributed by atoms with E-state index in [1.54, 1.807) is 19.3 Å². The van der Waals surface area contributed by atoms with Crippen molar-refractivity contribution in [2.75, 3.05) is 0 Å². The third-order valence-electron chi connectivity index (χ3n) is 5.49. The van der Waals surface area contributed by atoms with E-state index in [0.717, 1.165) is 33.6 Å². The molecule has 31 heavy (non-hydrogen) atoms. The van der Waals surface area contributed by atoms with Crippen molar-refractivity contribution in [2.45, 2.75) is 31.0 Å². The van der Waals surface area contributed by atoms with Crippen molar-refractivity contribution in [1.29, 1.82) is 0 Å². The molecular weight excluding hydrogens is 414 g/mol. The maximum Gasteiger partial charge on any atom is 0.317 e. The Morgan fingerprint density at radius 2 is 1.97 bits per heavy atom. The molecule has 0 atom stereocenters. The molecule has 158 valence electrons. The quantitative estimate of drug-likeness (QED) is 0.520. The summed E-state index contributed by atoms with van der Waals surface area (Å²) in [5.41, 5.74) is 3.91. The van der Waals surface area contributed by atoms with Crippen LogP contribution in [0, 0.1) is 6.92 Å². The van der Waals surface area contributed by atoms with Crippen LogP contribution in [0.2, 0.25) is 0 Å². The fraction of sp³-hybridized carbons (Fsp3) is 0.227. The monoisotopic (exact) mass is 435 g/mol. The van der Waals surface area contributed by atoms with Crippen molar-refractivity contribution in [3.05, 3.63) is 66.1 Å². The number of imidazole rings is 1. The molecule has 0 bridgehead atoms. The predicted molar refractivity (Wildman–Crippen MR) is 116 cm³/mol. The van der Waals surface area contributed by atoms with Crippen LogP contribution in [0.15, 0.2) is 60.1 Å². The normalized spacial score (nSPS) is 14.1. The van der Waals surface area contributed by atoms with E-state index in [0.29, 0.717) is 22.5 Å². The second-order valence-electron chi connectivity index (χ2n) is 7.86. The van der Waals surface area contributed by atoms with E-state index in [9.17, 15) is 13.2 Å². The maximum absolute atomic E-state index is 13.0. The van der Waals surface area contributed by atoms with E-state index < -0.39 is 10.0 Å². The summed E-state index contributed by atoms with van der Waals surface area (Å²) in [5, 5.41) is 7.73. The van der Waals surface area contributed by atoms with Gasteiger partial charge < -0.3 is 9.88 Å². The predicted octanol–water partition coefficient (Wildman–Crippen LogP) is 2.87. The lowest BCUT2D eigenvalue weighted by atomic mass is 9.97. The van der Waals surface area contributed by atoms with E-state index in [1.807, 2.05) is 37.3 Å². The highest BCUT2D eigenvalue weighted by molar-refractivity contribution is 7.89. The summed E-state index contributed by atoms with van der Waals surface area (Å²) < 4.78 is 28.4. The minimum absolute atomic E-state index is 0.0705. The van der Waals surface area contributed by atoms with Crippen molar-refractivity contribution in [2.24, 2.45) is 7.05 Å². The number of nitrogens with zero attached hydrogens (tertiary/aromatic N) is 4. The van der Waals surface area contributed by atoms with Crippen LogP contribution in [-0.4, -0.2) is 39.1 Å². The molecule has 2 aromatic carbocycles. The van der Waals surface area contributed by atoms with Crippen LogP contribution in [0.4, 0.5) is 0 Å². The summed E-state index contributed by atoms with van der Waals surface area (Å²) in [5.74, 6) is -0.0705. The third kappa shape index (κ3) is 3.40. The number of hydrogen-bond donors (Lipinski definition) is 1. The summed E-state index contributed by atoms with van der Waals surface area (Å²) in [7, 11) is -2.29. The number of fused-ring (bicyclic) bond motifs is 1. The minimum atomic E-state index is -3.91. The van der Waals surface area contributed by atoms with Crippen LogP contribution >= 0.6 is 0 Å². The lowest BCUT2D eigenvalue weighted by molar-refractivity contribution is 0.0951. The molecule has 0 unspecified atom stereocenters. The fourth-order valence-electron chi connectivity index (χ4n) is 3.62. The number of carbonyl (C=O) groups excluding carboxylic acids is 1. The first-order valence-corrected chi connectivity index (χ1v) is 11.4. The van der Waals surface area contributed by atoms with Gasteiger partial charge in [-0.15, -0.1) is 0 Å². The van der Waals surface area contributed by atoms with Crippen LogP contribution in [0.3, 0.4) is 0 Å². The molecule has 1 aliphatic carbocycles. The van der Waals surface area contributed by atoms with Crippen LogP contribution in [0.1, 0.15) is 28.8 Å². The Labute approximate surface area is 179 Å². The number of rotatable bonds is 5. The maximum atomic E-state index is 13.0. The molecule has 1 N–H and O–H groups in total. The zero-order valence-electron chi connectivity index (χ0n) is 17.1.